The molecular formula is C12H19N2O8P. The van der Waals surface area contributed by atoms with Crippen LogP contribution in [0.15, 0.2) is 28.8 Å². The zero-order valence-corrected chi connectivity index (χ0v) is 13.1. The molecule has 0 aromatic heterocycles. The molecule has 1 rings (SSSR count). The van der Waals surface area contributed by atoms with Crippen molar-refractivity contribution < 1.29 is 38.6 Å². The summed E-state index contributed by atoms with van der Waals surface area (Å²) in [7, 11) is -4.73. The molecule has 1 heterocycles. The van der Waals surface area contributed by atoms with Crippen LogP contribution < -0.4 is 5.73 Å². The number of phosphoric acid groups is 1. The van der Waals surface area contributed by atoms with E-state index in [2.05, 4.69) is 9.52 Å². The lowest BCUT2D eigenvalue weighted by molar-refractivity contribution is -0.114. The van der Waals surface area contributed by atoms with Crippen molar-refractivity contribution >= 4 is 19.9 Å². The second-order valence-corrected chi connectivity index (χ2v) is 5.86. The summed E-state index contributed by atoms with van der Waals surface area (Å²) in [5.74, 6) is -0.749. The van der Waals surface area contributed by atoms with E-state index in [1.54, 1.807) is 19.1 Å². The minimum atomic E-state index is -4.73. The molecule has 130 valence electrons. The van der Waals surface area contributed by atoms with Gasteiger partial charge in [0.2, 0.25) is 5.91 Å². The Hall–Kier alpha value is -1.39. The zero-order chi connectivity index (χ0) is 17.6. The summed E-state index contributed by atoms with van der Waals surface area (Å²) in [5, 5.41) is 19.5. The third-order valence-electron chi connectivity index (χ3n) is 2.86. The second kappa shape index (κ2) is 8.46. The highest BCUT2D eigenvalue weighted by Crippen LogP contribution is 2.37. The highest BCUT2D eigenvalue weighted by atomic mass is 31.2. The molecule has 0 aromatic rings. The number of aliphatic hydroxyl groups excluding tert-OH is 2. The molecule has 23 heavy (non-hydrogen) atoms. The number of nitrogens with two attached hydrogens (primary N) is 1. The van der Waals surface area contributed by atoms with E-state index in [0.717, 1.165) is 6.21 Å². The highest BCUT2D eigenvalue weighted by molar-refractivity contribution is 7.46. The van der Waals surface area contributed by atoms with Crippen molar-refractivity contribution in [1.82, 2.24) is 0 Å². The van der Waals surface area contributed by atoms with Gasteiger partial charge >= 0.3 is 7.82 Å². The fraction of sp³-hybridized carbons (Fsp3) is 0.500. The van der Waals surface area contributed by atoms with Crippen LogP contribution in [0.1, 0.15) is 6.92 Å². The normalized spacial score (nSPS) is 29.7. The Balaban J connectivity index is 2.75. The smallest absolute Gasteiger partial charge is 0.387 e. The molecule has 1 saturated heterocycles. The van der Waals surface area contributed by atoms with Gasteiger partial charge in [-0.05, 0) is 13.0 Å². The first-order valence-electron chi connectivity index (χ1n) is 6.53. The molecule has 0 saturated carbocycles. The summed E-state index contributed by atoms with van der Waals surface area (Å²) in [6.45, 7) is 1.10. The first-order chi connectivity index (χ1) is 10.7. The molecule has 0 bridgehead atoms. The van der Waals surface area contributed by atoms with Crippen molar-refractivity contribution in [2.75, 3.05) is 6.61 Å². The van der Waals surface area contributed by atoms with Gasteiger partial charge < -0.3 is 30.5 Å². The number of ether oxygens (including phenoxy) is 1. The van der Waals surface area contributed by atoms with E-state index >= 15 is 0 Å². The number of phosphoric ester groups is 1. The van der Waals surface area contributed by atoms with E-state index in [9.17, 15) is 19.6 Å². The van der Waals surface area contributed by atoms with E-state index in [1.807, 2.05) is 0 Å². The number of allylic oxidation sites excluding steroid dienone is 3. The fourth-order valence-electron chi connectivity index (χ4n) is 1.70. The molecule has 1 amide bonds. The van der Waals surface area contributed by atoms with Gasteiger partial charge in [-0.3, -0.25) is 14.3 Å². The maximum absolute atomic E-state index is 11.2. The van der Waals surface area contributed by atoms with Gasteiger partial charge in [-0.15, -0.1) is 0 Å². The third-order valence-corrected chi connectivity index (χ3v) is 3.34. The second-order valence-electron chi connectivity index (χ2n) is 4.62. The summed E-state index contributed by atoms with van der Waals surface area (Å²) in [4.78, 5) is 32.2. The molecule has 1 fully saturated rings. The quantitative estimate of drug-likeness (QED) is 0.161. The molecule has 2 unspecified atom stereocenters. The van der Waals surface area contributed by atoms with E-state index in [0.29, 0.717) is 0 Å². The first kappa shape index (κ1) is 19.7. The van der Waals surface area contributed by atoms with Crippen LogP contribution in [0.25, 0.3) is 0 Å². The molecule has 0 aromatic carbocycles. The van der Waals surface area contributed by atoms with Gasteiger partial charge in [0.1, 0.15) is 18.3 Å². The number of primary amides is 1. The number of carbonyl (C=O) groups is 1. The Labute approximate surface area is 132 Å². The van der Waals surface area contributed by atoms with Crippen molar-refractivity contribution in [3.8, 4) is 0 Å². The van der Waals surface area contributed by atoms with E-state index in [-0.39, 0.29) is 5.57 Å². The van der Waals surface area contributed by atoms with Gasteiger partial charge in [0.05, 0.1) is 12.2 Å². The summed E-state index contributed by atoms with van der Waals surface area (Å²) in [6.07, 6.45) is 0.376. The number of hydrogen-bond donors (Lipinski definition) is 5. The maximum atomic E-state index is 11.2. The molecule has 0 radical (unpaired) electrons. The molecule has 6 N–H and O–H groups in total. The summed E-state index contributed by atoms with van der Waals surface area (Å²) < 4.78 is 20.0. The first-order valence-corrected chi connectivity index (χ1v) is 8.06. The van der Waals surface area contributed by atoms with Gasteiger partial charge in [-0.1, -0.05) is 12.2 Å². The molecule has 4 atom stereocenters. The lowest BCUT2D eigenvalue weighted by Crippen LogP contribution is -2.34. The SMILES string of the molecule is C\C=C/C=C(\C=N\[C@@H]1OC(COP(=O)(O)O)[C@@H](O)C1O)C(N)=O. The third kappa shape index (κ3) is 6.32. The number of rotatable bonds is 7. The summed E-state index contributed by atoms with van der Waals surface area (Å²) in [6, 6.07) is 0. The number of aliphatic imine (C=N–C) groups is 1. The van der Waals surface area contributed by atoms with Gasteiger partial charge in [0, 0.05) is 6.21 Å². The largest absolute Gasteiger partial charge is 0.469 e. The van der Waals surface area contributed by atoms with Crippen molar-refractivity contribution in [2.45, 2.75) is 31.5 Å². The lowest BCUT2D eigenvalue weighted by Gasteiger charge is -2.14. The predicted molar refractivity (Wildman–Crippen MR) is 79.3 cm³/mol. The number of nitrogens with zero attached hydrogens (tertiary/aromatic N) is 1. The molecule has 0 aliphatic carbocycles. The van der Waals surface area contributed by atoms with Crippen LogP contribution >= 0.6 is 7.82 Å². The molecular weight excluding hydrogens is 331 g/mol. The van der Waals surface area contributed by atoms with Crippen LogP contribution in [0.5, 0.6) is 0 Å². The van der Waals surface area contributed by atoms with Crippen LogP contribution in [0.4, 0.5) is 0 Å². The Morgan fingerprint density at radius 3 is 2.57 bits per heavy atom. The molecule has 10 nitrogen and oxygen atoms in total. The summed E-state index contributed by atoms with van der Waals surface area (Å²) in [5.41, 5.74) is 5.20. The van der Waals surface area contributed by atoms with Crippen LogP contribution in [0, 0.1) is 0 Å². The Morgan fingerprint density at radius 1 is 1.39 bits per heavy atom. The Bertz CT molecular complexity index is 555. The average Bonchev–Trinajstić information content (AvgIpc) is 2.72. The molecule has 0 spiro atoms. The fourth-order valence-corrected chi connectivity index (χ4v) is 2.04. The molecule has 11 heteroatoms. The van der Waals surface area contributed by atoms with Crippen LogP contribution in [0.2, 0.25) is 0 Å². The van der Waals surface area contributed by atoms with Gasteiger partial charge in [0.25, 0.3) is 0 Å². The number of aliphatic hydroxyl groups is 2. The minimum Gasteiger partial charge on any atom is -0.387 e. The van der Waals surface area contributed by atoms with E-state index in [4.69, 9.17) is 20.3 Å². The molecule has 1 aliphatic heterocycles. The van der Waals surface area contributed by atoms with Crippen molar-refractivity contribution in [2.24, 2.45) is 10.7 Å². The lowest BCUT2D eigenvalue weighted by atomic mass is 10.1. The maximum Gasteiger partial charge on any atom is 0.469 e. The van der Waals surface area contributed by atoms with E-state index < -0.39 is 44.9 Å². The van der Waals surface area contributed by atoms with Gasteiger partial charge in [-0.2, -0.15) is 0 Å². The number of carbonyl (C=O) groups excluding carboxylic acids is 1. The Morgan fingerprint density at radius 2 is 2.04 bits per heavy atom. The van der Waals surface area contributed by atoms with Crippen molar-refractivity contribution in [3.63, 3.8) is 0 Å². The number of amides is 1. The van der Waals surface area contributed by atoms with Gasteiger partial charge in [0.15, 0.2) is 6.23 Å². The van der Waals surface area contributed by atoms with Crippen molar-refractivity contribution in [1.29, 1.82) is 0 Å². The number of hydrogen-bond acceptors (Lipinski definition) is 7. The Kier molecular flexibility index (Phi) is 7.23. The van der Waals surface area contributed by atoms with Crippen molar-refractivity contribution in [3.05, 3.63) is 23.8 Å². The average molecular weight is 350 g/mol. The highest BCUT2D eigenvalue weighted by Gasteiger charge is 2.43. The predicted octanol–water partition coefficient (Wildman–Crippen LogP) is -1.40. The monoisotopic (exact) mass is 350 g/mol. The van der Waals surface area contributed by atoms with Crippen LogP contribution in [-0.2, 0) is 18.6 Å². The minimum absolute atomic E-state index is 0.0447. The topological polar surface area (TPSA) is 172 Å². The molecule has 1 aliphatic rings. The standard InChI is InChI=1S/C12H19N2O8P/c1-2-3-4-7(11(13)17)5-14-12-10(16)9(15)8(22-12)6-21-23(18,19)20/h2-5,8-10,12,15-16H,6H2,1H3,(H2,13,17)(H2,18,19,20)/b3-2-,7-4+,14-5+/t8?,9-,10?,12-/m1/s1. The van der Waals surface area contributed by atoms with Gasteiger partial charge in [-0.25, -0.2) is 4.57 Å². The zero-order valence-electron chi connectivity index (χ0n) is 12.2. The van der Waals surface area contributed by atoms with Crippen LogP contribution in [0.3, 0.4) is 0 Å². The summed E-state index contributed by atoms with van der Waals surface area (Å²) >= 11 is 0. The van der Waals surface area contributed by atoms with Crippen LogP contribution in [-0.4, -0.2) is 63.3 Å². The van der Waals surface area contributed by atoms with E-state index in [1.165, 1.54) is 6.08 Å².